The van der Waals surface area contributed by atoms with Gasteiger partial charge in [-0.05, 0) is 57.4 Å². The molecule has 0 spiro atoms. The Balaban J connectivity index is 2.08. The number of aliphatic hydroxyl groups is 1. The average Bonchev–Trinajstić information content (AvgIpc) is 2.85. The van der Waals surface area contributed by atoms with Crippen molar-refractivity contribution in [2.75, 3.05) is 20.2 Å². The van der Waals surface area contributed by atoms with Crippen LogP contribution in [0.3, 0.4) is 0 Å². The van der Waals surface area contributed by atoms with Crippen LogP contribution in [0, 0.1) is 0 Å². The monoisotopic (exact) mass is 261 g/mol. The summed E-state index contributed by atoms with van der Waals surface area (Å²) < 4.78 is 0. The average molecular weight is 261 g/mol. The standard InChI is InChI=1S/C16H23NO2/c1-16(2,11-18)17(3)10-15(19)14-8-7-12-5-4-6-13(12)9-14/h7-9,18H,4-6,10-11H2,1-3H3. The van der Waals surface area contributed by atoms with E-state index in [0.29, 0.717) is 6.54 Å². The predicted octanol–water partition coefficient (Wildman–Crippen LogP) is 2.06. The molecular weight excluding hydrogens is 238 g/mol. The summed E-state index contributed by atoms with van der Waals surface area (Å²) in [6, 6.07) is 6.07. The summed E-state index contributed by atoms with van der Waals surface area (Å²) in [4.78, 5) is 14.2. The van der Waals surface area contributed by atoms with Gasteiger partial charge in [-0.3, -0.25) is 9.69 Å². The third-order valence-electron chi connectivity index (χ3n) is 4.22. The molecule has 0 bridgehead atoms. The summed E-state index contributed by atoms with van der Waals surface area (Å²) in [6.07, 6.45) is 3.43. The maximum Gasteiger partial charge on any atom is 0.176 e. The smallest absolute Gasteiger partial charge is 0.176 e. The van der Waals surface area contributed by atoms with Gasteiger partial charge in [0, 0.05) is 11.1 Å². The van der Waals surface area contributed by atoms with Crippen molar-refractivity contribution in [2.45, 2.75) is 38.6 Å². The minimum Gasteiger partial charge on any atom is -0.394 e. The molecule has 1 aromatic carbocycles. The molecule has 0 amide bonds. The zero-order valence-corrected chi connectivity index (χ0v) is 12.1. The second kappa shape index (κ2) is 5.43. The van der Waals surface area contributed by atoms with Crippen LogP contribution < -0.4 is 0 Å². The van der Waals surface area contributed by atoms with Crippen LogP contribution >= 0.6 is 0 Å². The number of aliphatic hydroxyl groups excluding tert-OH is 1. The molecule has 3 heteroatoms. The molecule has 1 aliphatic carbocycles. The summed E-state index contributed by atoms with van der Waals surface area (Å²) in [6.45, 7) is 4.25. The highest BCUT2D eigenvalue weighted by Gasteiger charge is 2.25. The maximum atomic E-state index is 12.3. The van der Waals surface area contributed by atoms with E-state index in [0.717, 1.165) is 18.4 Å². The van der Waals surface area contributed by atoms with Crippen LogP contribution in [0.25, 0.3) is 0 Å². The first-order chi connectivity index (χ1) is 8.94. The van der Waals surface area contributed by atoms with Gasteiger partial charge in [0.25, 0.3) is 0 Å². The molecule has 1 aromatic rings. The molecule has 104 valence electrons. The number of hydrogen-bond donors (Lipinski definition) is 1. The number of carbonyl (C=O) groups excluding carboxylic acids is 1. The number of Topliss-reactive ketones (excluding diaryl/α,β-unsaturated/α-hetero) is 1. The molecule has 0 saturated carbocycles. The van der Waals surface area contributed by atoms with E-state index >= 15 is 0 Å². The Kier molecular flexibility index (Phi) is 4.07. The highest BCUT2D eigenvalue weighted by Crippen LogP contribution is 2.23. The van der Waals surface area contributed by atoms with Gasteiger partial charge >= 0.3 is 0 Å². The van der Waals surface area contributed by atoms with Gasteiger partial charge in [0.05, 0.1) is 13.2 Å². The van der Waals surface area contributed by atoms with Crippen LogP contribution in [-0.4, -0.2) is 41.5 Å². The molecule has 0 unspecified atom stereocenters. The first kappa shape index (κ1) is 14.2. The zero-order chi connectivity index (χ0) is 14.0. The lowest BCUT2D eigenvalue weighted by Gasteiger charge is -2.33. The largest absolute Gasteiger partial charge is 0.394 e. The number of likely N-dealkylation sites (N-methyl/N-ethyl adjacent to an activating group) is 1. The molecule has 3 nitrogen and oxygen atoms in total. The second-order valence-corrected chi connectivity index (χ2v) is 6.09. The van der Waals surface area contributed by atoms with E-state index in [1.165, 1.54) is 17.5 Å². The molecule has 0 saturated heterocycles. The van der Waals surface area contributed by atoms with Crippen LogP contribution in [0.1, 0.15) is 41.8 Å². The van der Waals surface area contributed by atoms with Crippen molar-refractivity contribution < 1.29 is 9.90 Å². The fourth-order valence-electron chi connectivity index (χ4n) is 2.39. The Morgan fingerprint density at radius 1 is 1.32 bits per heavy atom. The van der Waals surface area contributed by atoms with Gasteiger partial charge in [0.1, 0.15) is 0 Å². The van der Waals surface area contributed by atoms with Crippen LogP contribution in [0.4, 0.5) is 0 Å². The van der Waals surface area contributed by atoms with Crippen molar-refractivity contribution in [3.8, 4) is 0 Å². The van der Waals surface area contributed by atoms with E-state index in [-0.39, 0.29) is 17.9 Å². The summed E-state index contributed by atoms with van der Waals surface area (Å²) in [5.41, 5.74) is 3.14. The number of hydrogen-bond acceptors (Lipinski definition) is 3. The predicted molar refractivity (Wildman–Crippen MR) is 76.6 cm³/mol. The van der Waals surface area contributed by atoms with E-state index in [1.54, 1.807) is 0 Å². The first-order valence-corrected chi connectivity index (χ1v) is 6.91. The SMILES string of the molecule is CN(CC(=O)c1ccc2c(c1)CCC2)C(C)(C)CO. The molecule has 0 atom stereocenters. The number of carbonyl (C=O) groups is 1. The molecule has 0 heterocycles. The van der Waals surface area contributed by atoms with Gasteiger partial charge in [-0.15, -0.1) is 0 Å². The van der Waals surface area contributed by atoms with Gasteiger partial charge in [0.15, 0.2) is 5.78 Å². The summed E-state index contributed by atoms with van der Waals surface area (Å²) >= 11 is 0. The number of fused-ring (bicyclic) bond motifs is 1. The van der Waals surface area contributed by atoms with E-state index in [2.05, 4.69) is 6.07 Å². The first-order valence-electron chi connectivity index (χ1n) is 6.91. The Bertz CT molecular complexity index is 480. The maximum absolute atomic E-state index is 12.3. The van der Waals surface area contributed by atoms with Gasteiger partial charge in [-0.2, -0.15) is 0 Å². The molecule has 1 aliphatic rings. The second-order valence-electron chi connectivity index (χ2n) is 6.09. The Labute approximate surface area is 115 Å². The van der Waals surface area contributed by atoms with E-state index in [9.17, 15) is 9.90 Å². The number of rotatable bonds is 5. The summed E-state index contributed by atoms with van der Waals surface area (Å²) in [7, 11) is 1.88. The van der Waals surface area contributed by atoms with E-state index in [4.69, 9.17) is 0 Å². The number of ketones is 1. The van der Waals surface area contributed by atoms with Crippen molar-refractivity contribution in [1.29, 1.82) is 0 Å². The minimum absolute atomic E-state index is 0.0426. The van der Waals surface area contributed by atoms with E-state index in [1.807, 2.05) is 37.9 Å². The zero-order valence-electron chi connectivity index (χ0n) is 12.1. The van der Waals surface area contributed by atoms with Gasteiger partial charge in [0.2, 0.25) is 0 Å². The Hall–Kier alpha value is -1.19. The highest BCUT2D eigenvalue weighted by atomic mass is 16.3. The Morgan fingerprint density at radius 2 is 2.00 bits per heavy atom. The lowest BCUT2D eigenvalue weighted by Crippen LogP contribution is -2.46. The van der Waals surface area contributed by atoms with Gasteiger partial charge in [-0.1, -0.05) is 12.1 Å². The van der Waals surface area contributed by atoms with Crippen molar-refractivity contribution in [3.63, 3.8) is 0 Å². The highest BCUT2D eigenvalue weighted by molar-refractivity contribution is 5.97. The van der Waals surface area contributed by atoms with Crippen molar-refractivity contribution >= 4 is 5.78 Å². The third kappa shape index (κ3) is 3.04. The summed E-state index contributed by atoms with van der Waals surface area (Å²) in [5, 5.41) is 9.32. The molecular formula is C16H23NO2. The van der Waals surface area contributed by atoms with Crippen molar-refractivity contribution in [1.82, 2.24) is 4.90 Å². The van der Waals surface area contributed by atoms with Crippen LogP contribution in [0.5, 0.6) is 0 Å². The van der Waals surface area contributed by atoms with Gasteiger partial charge in [-0.25, -0.2) is 0 Å². The molecule has 0 aliphatic heterocycles. The minimum atomic E-state index is -0.369. The molecule has 1 N–H and O–H groups in total. The van der Waals surface area contributed by atoms with Gasteiger partial charge < -0.3 is 5.11 Å². The lowest BCUT2D eigenvalue weighted by atomic mass is 10.0. The molecule has 0 aromatic heterocycles. The number of benzene rings is 1. The van der Waals surface area contributed by atoms with Crippen molar-refractivity contribution in [2.24, 2.45) is 0 Å². The lowest BCUT2D eigenvalue weighted by molar-refractivity contribution is 0.0659. The molecule has 0 fully saturated rings. The normalized spacial score (nSPS) is 14.8. The fraction of sp³-hybridized carbons (Fsp3) is 0.562. The quantitative estimate of drug-likeness (QED) is 0.825. The summed E-state index contributed by atoms with van der Waals surface area (Å²) in [5.74, 6) is 0.124. The van der Waals surface area contributed by atoms with E-state index < -0.39 is 0 Å². The molecule has 2 rings (SSSR count). The Morgan fingerprint density at radius 3 is 2.68 bits per heavy atom. The number of nitrogens with zero attached hydrogens (tertiary/aromatic N) is 1. The molecule has 19 heavy (non-hydrogen) atoms. The molecule has 0 radical (unpaired) electrons. The van der Waals surface area contributed by atoms with Crippen LogP contribution in [0.15, 0.2) is 18.2 Å². The number of aryl methyl sites for hydroxylation is 2. The third-order valence-corrected chi connectivity index (χ3v) is 4.22. The van der Waals surface area contributed by atoms with Crippen molar-refractivity contribution in [3.05, 3.63) is 34.9 Å². The topological polar surface area (TPSA) is 40.5 Å². The fourth-order valence-corrected chi connectivity index (χ4v) is 2.39. The van der Waals surface area contributed by atoms with Crippen LogP contribution in [0.2, 0.25) is 0 Å². The van der Waals surface area contributed by atoms with Crippen LogP contribution in [-0.2, 0) is 12.8 Å².